The van der Waals surface area contributed by atoms with Crippen LogP contribution in [-0.2, 0) is 4.74 Å². The maximum absolute atomic E-state index is 14.0. The summed E-state index contributed by atoms with van der Waals surface area (Å²) in [6.45, 7) is 2.50. The summed E-state index contributed by atoms with van der Waals surface area (Å²) in [5, 5.41) is 0.164. The van der Waals surface area contributed by atoms with Gasteiger partial charge in [-0.15, -0.1) is 0 Å². The third kappa shape index (κ3) is 2.75. The van der Waals surface area contributed by atoms with E-state index >= 15 is 0 Å². The predicted octanol–water partition coefficient (Wildman–Crippen LogP) is 3.08. The Morgan fingerprint density at radius 1 is 1.61 bits per heavy atom. The molecule has 1 heterocycles. The van der Waals surface area contributed by atoms with Gasteiger partial charge >= 0.3 is 0 Å². The standard InChI is InChI=1S/C13H16ClFN2O/c1-2-8(6-9-7-18-13(16)17-9)10-4-3-5-11(14)12(10)15/h3-5,8-9H,2,6-7H2,1H3,(H2,16,17)/t8?,9-/m0/s1. The van der Waals surface area contributed by atoms with E-state index < -0.39 is 0 Å². The first-order chi connectivity index (χ1) is 8.61. The molecule has 1 aromatic rings. The first-order valence-corrected chi connectivity index (χ1v) is 6.39. The Labute approximate surface area is 111 Å². The molecule has 2 atom stereocenters. The van der Waals surface area contributed by atoms with Crippen LogP contribution in [-0.4, -0.2) is 18.7 Å². The van der Waals surface area contributed by atoms with Crippen LogP contribution >= 0.6 is 11.6 Å². The van der Waals surface area contributed by atoms with Gasteiger partial charge in [0.1, 0.15) is 12.4 Å². The summed E-state index contributed by atoms with van der Waals surface area (Å²) in [6, 6.07) is 5.33. The number of rotatable bonds is 4. The fourth-order valence-corrected chi connectivity index (χ4v) is 2.42. The molecule has 3 nitrogen and oxygen atoms in total. The topological polar surface area (TPSA) is 47.6 Å². The average Bonchev–Trinajstić information content (AvgIpc) is 2.76. The lowest BCUT2D eigenvalue weighted by molar-refractivity contribution is 0.300. The van der Waals surface area contributed by atoms with Crippen molar-refractivity contribution in [1.29, 1.82) is 0 Å². The second-order valence-corrected chi connectivity index (χ2v) is 4.82. The summed E-state index contributed by atoms with van der Waals surface area (Å²) < 4.78 is 19.1. The Balaban J connectivity index is 2.15. The summed E-state index contributed by atoms with van der Waals surface area (Å²) in [5.41, 5.74) is 6.11. The van der Waals surface area contributed by atoms with E-state index in [4.69, 9.17) is 22.1 Å². The van der Waals surface area contributed by atoms with Crippen molar-refractivity contribution in [1.82, 2.24) is 0 Å². The molecular weight excluding hydrogens is 255 g/mol. The van der Waals surface area contributed by atoms with Crippen LogP contribution in [0.5, 0.6) is 0 Å². The zero-order chi connectivity index (χ0) is 13.1. The Bertz CT molecular complexity index is 464. The zero-order valence-corrected chi connectivity index (χ0v) is 11.0. The van der Waals surface area contributed by atoms with Gasteiger partial charge in [-0.3, -0.25) is 0 Å². The highest BCUT2D eigenvalue weighted by atomic mass is 35.5. The van der Waals surface area contributed by atoms with Crippen molar-refractivity contribution in [3.63, 3.8) is 0 Å². The lowest BCUT2D eigenvalue weighted by Crippen LogP contribution is -2.13. The molecule has 98 valence electrons. The molecule has 0 spiro atoms. The van der Waals surface area contributed by atoms with Gasteiger partial charge in [0, 0.05) is 0 Å². The summed E-state index contributed by atoms with van der Waals surface area (Å²) in [5.74, 6) is -0.256. The van der Waals surface area contributed by atoms with Crippen LogP contribution < -0.4 is 5.73 Å². The van der Waals surface area contributed by atoms with Gasteiger partial charge in [-0.05, 0) is 30.4 Å². The van der Waals surface area contributed by atoms with Crippen molar-refractivity contribution in [3.8, 4) is 0 Å². The molecule has 0 bridgehead atoms. The molecule has 1 aromatic carbocycles. The van der Waals surface area contributed by atoms with E-state index in [9.17, 15) is 4.39 Å². The Morgan fingerprint density at radius 2 is 2.39 bits per heavy atom. The fourth-order valence-electron chi connectivity index (χ4n) is 2.23. The van der Waals surface area contributed by atoms with E-state index in [0.29, 0.717) is 18.6 Å². The number of nitrogens with zero attached hydrogens (tertiary/aromatic N) is 1. The molecule has 1 unspecified atom stereocenters. The summed E-state index contributed by atoms with van der Waals surface area (Å²) in [7, 11) is 0. The van der Waals surface area contributed by atoms with Gasteiger partial charge in [0.05, 0.1) is 11.1 Å². The van der Waals surface area contributed by atoms with E-state index in [1.54, 1.807) is 18.2 Å². The first-order valence-electron chi connectivity index (χ1n) is 6.01. The van der Waals surface area contributed by atoms with E-state index in [1.165, 1.54) is 0 Å². The Morgan fingerprint density at radius 3 is 3.00 bits per heavy atom. The van der Waals surface area contributed by atoms with Crippen LogP contribution in [0.15, 0.2) is 23.2 Å². The quantitative estimate of drug-likeness (QED) is 0.914. The third-order valence-corrected chi connectivity index (χ3v) is 3.50. The molecule has 0 aromatic heterocycles. The minimum atomic E-state index is -0.332. The van der Waals surface area contributed by atoms with Crippen molar-refractivity contribution in [2.24, 2.45) is 10.7 Å². The van der Waals surface area contributed by atoms with Gasteiger partial charge in [0.15, 0.2) is 0 Å². The highest BCUT2D eigenvalue weighted by Gasteiger charge is 2.24. The van der Waals surface area contributed by atoms with Crippen molar-refractivity contribution < 1.29 is 9.13 Å². The smallest absolute Gasteiger partial charge is 0.282 e. The number of benzene rings is 1. The second kappa shape index (κ2) is 5.57. The zero-order valence-electron chi connectivity index (χ0n) is 10.2. The van der Waals surface area contributed by atoms with Crippen LogP contribution in [0.3, 0.4) is 0 Å². The van der Waals surface area contributed by atoms with Crippen molar-refractivity contribution in [3.05, 3.63) is 34.6 Å². The minimum Gasteiger partial charge on any atom is -0.463 e. The highest BCUT2D eigenvalue weighted by Crippen LogP contribution is 2.31. The molecule has 0 saturated heterocycles. The molecule has 5 heteroatoms. The number of halogens is 2. The second-order valence-electron chi connectivity index (χ2n) is 4.42. The van der Waals surface area contributed by atoms with Crippen LogP contribution in [0.4, 0.5) is 4.39 Å². The van der Waals surface area contributed by atoms with Gasteiger partial charge in [-0.1, -0.05) is 30.7 Å². The largest absolute Gasteiger partial charge is 0.463 e. The molecule has 0 amide bonds. The SMILES string of the molecule is CCC(C[C@H]1COC(N)=N1)c1cccc(Cl)c1F. The lowest BCUT2D eigenvalue weighted by Gasteiger charge is -2.18. The number of hydrogen-bond acceptors (Lipinski definition) is 3. The van der Waals surface area contributed by atoms with Crippen molar-refractivity contribution in [2.75, 3.05) is 6.61 Å². The molecule has 2 rings (SSSR count). The maximum atomic E-state index is 14.0. The average molecular weight is 271 g/mol. The van der Waals surface area contributed by atoms with Crippen molar-refractivity contribution >= 4 is 17.6 Å². The van der Waals surface area contributed by atoms with Gasteiger partial charge in [-0.2, -0.15) is 0 Å². The van der Waals surface area contributed by atoms with Gasteiger partial charge in [0.2, 0.25) is 0 Å². The molecule has 1 aliphatic rings. The predicted molar refractivity (Wildman–Crippen MR) is 70.4 cm³/mol. The maximum Gasteiger partial charge on any atom is 0.282 e. The van der Waals surface area contributed by atoms with Crippen LogP contribution in [0.25, 0.3) is 0 Å². The number of ether oxygens (including phenoxy) is 1. The minimum absolute atomic E-state index is 0.00771. The summed E-state index contributed by atoms with van der Waals surface area (Å²) in [6.07, 6.45) is 1.54. The Hall–Kier alpha value is -1.29. The molecule has 0 saturated carbocycles. The number of aliphatic imine (C=N–C) groups is 1. The molecule has 2 N–H and O–H groups in total. The fraction of sp³-hybridized carbons (Fsp3) is 0.462. The van der Waals surface area contributed by atoms with E-state index in [0.717, 1.165) is 6.42 Å². The summed E-state index contributed by atoms with van der Waals surface area (Å²) in [4.78, 5) is 4.17. The first kappa shape index (κ1) is 13.1. The normalized spacial score (nSPS) is 20.4. The van der Waals surface area contributed by atoms with E-state index in [1.807, 2.05) is 6.92 Å². The number of amidine groups is 1. The van der Waals surface area contributed by atoms with Gasteiger partial charge < -0.3 is 10.5 Å². The van der Waals surface area contributed by atoms with Crippen molar-refractivity contribution in [2.45, 2.75) is 31.7 Å². The van der Waals surface area contributed by atoms with Crippen LogP contribution in [0.2, 0.25) is 5.02 Å². The molecular formula is C13H16ClFN2O. The molecule has 18 heavy (non-hydrogen) atoms. The number of nitrogens with two attached hydrogens (primary N) is 1. The molecule has 0 fully saturated rings. The summed E-state index contributed by atoms with van der Waals surface area (Å²) >= 11 is 5.81. The van der Waals surface area contributed by atoms with E-state index in [-0.39, 0.29) is 28.8 Å². The van der Waals surface area contributed by atoms with Crippen LogP contribution in [0.1, 0.15) is 31.2 Å². The molecule has 1 aliphatic heterocycles. The monoisotopic (exact) mass is 270 g/mol. The lowest BCUT2D eigenvalue weighted by atomic mass is 9.90. The van der Waals surface area contributed by atoms with E-state index in [2.05, 4.69) is 4.99 Å². The van der Waals surface area contributed by atoms with Crippen LogP contribution in [0, 0.1) is 5.82 Å². The Kier molecular flexibility index (Phi) is 4.07. The molecule has 0 radical (unpaired) electrons. The highest BCUT2D eigenvalue weighted by molar-refractivity contribution is 6.30. The third-order valence-electron chi connectivity index (χ3n) is 3.20. The number of hydrogen-bond donors (Lipinski definition) is 1. The molecule has 0 aliphatic carbocycles. The van der Waals surface area contributed by atoms with Gasteiger partial charge in [0.25, 0.3) is 6.02 Å². The van der Waals surface area contributed by atoms with Gasteiger partial charge in [-0.25, -0.2) is 9.38 Å².